The van der Waals surface area contributed by atoms with Gasteiger partial charge in [0.2, 0.25) is 6.79 Å². The summed E-state index contributed by atoms with van der Waals surface area (Å²) in [5.74, 6) is 0.961. The second kappa shape index (κ2) is 6.48. The molecular weight excluding hydrogens is 342 g/mol. The zero-order chi connectivity index (χ0) is 18.2. The fourth-order valence-corrected chi connectivity index (χ4v) is 4.32. The normalized spacial score (nSPS) is 13.3. The summed E-state index contributed by atoms with van der Waals surface area (Å²) in [5, 5.41) is 10.4. The van der Waals surface area contributed by atoms with Gasteiger partial charge in [0.25, 0.3) is 10.0 Å². The van der Waals surface area contributed by atoms with Crippen LogP contribution in [0.4, 0.5) is 5.69 Å². The third kappa shape index (κ3) is 3.24. The first-order valence-corrected chi connectivity index (χ1v) is 9.45. The summed E-state index contributed by atoms with van der Waals surface area (Å²) in [6.07, 6.45) is 0. The van der Waals surface area contributed by atoms with Gasteiger partial charge in [0, 0.05) is 12.6 Å². The van der Waals surface area contributed by atoms with Gasteiger partial charge in [0.15, 0.2) is 11.5 Å². The number of fused-ring (bicyclic) bond motifs is 1. The summed E-state index contributed by atoms with van der Waals surface area (Å²) in [7, 11) is -3.87. The first-order chi connectivity index (χ1) is 11.8. The molecule has 1 heterocycles. The predicted octanol–water partition coefficient (Wildman–Crippen LogP) is 3.28. The van der Waals surface area contributed by atoms with Gasteiger partial charge in [-0.05, 0) is 36.6 Å². The molecule has 1 N–H and O–H groups in total. The monoisotopic (exact) mass is 363 g/mol. The number of benzene rings is 2. The van der Waals surface area contributed by atoms with Crippen LogP contribution in [0.2, 0.25) is 0 Å². The number of aromatic hydroxyl groups is 1. The molecule has 0 atom stereocenters. The molecule has 3 rings (SSSR count). The number of ether oxygens (including phenoxy) is 2. The second-order valence-corrected chi connectivity index (χ2v) is 8.25. The Hall–Kier alpha value is -2.41. The molecule has 0 bridgehead atoms. The van der Waals surface area contributed by atoms with Crippen molar-refractivity contribution in [3.05, 3.63) is 42.0 Å². The molecule has 0 unspecified atom stereocenters. The Kier molecular flexibility index (Phi) is 4.51. The minimum atomic E-state index is -3.87. The number of phenolic OH excluding ortho intramolecular Hbond substituents is 1. The molecule has 0 saturated heterocycles. The van der Waals surface area contributed by atoms with Gasteiger partial charge in [-0.25, -0.2) is 8.42 Å². The molecule has 0 aromatic heterocycles. The van der Waals surface area contributed by atoms with Crippen molar-refractivity contribution in [2.45, 2.75) is 25.7 Å². The lowest BCUT2D eigenvalue weighted by atomic mass is 10.1. The first-order valence-electron chi connectivity index (χ1n) is 8.01. The van der Waals surface area contributed by atoms with Gasteiger partial charge in [-0.2, -0.15) is 0 Å². The van der Waals surface area contributed by atoms with Gasteiger partial charge in [-0.1, -0.05) is 26.0 Å². The standard InChI is InChI=1S/C18H21NO5S/c1-12(2)10-19(15-6-4-5-13(3)18(15)20)25(21,22)14-7-8-16-17(9-14)24-11-23-16/h4-9,12,20H,10-11H2,1-3H3. The minimum absolute atomic E-state index is 0.0348. The molecule has 2 aromatic carbocycles. The van der Waals surface area contributed by atoms with Crippen molar-refractivity contribution < 1.29 is 23.0 Å². The summed E-state index contributed by atoms with van der Waals surface area (Å²) >= 11 is 0. The second-order valence-electron chi connectivity index (χ2n) is 6.39. The van der Waals surface area contributed by atoms with Crippen molar-refractivity contribution in [3.8, 4) is 17.2 Å². The zero-order valence-electron chi connectivity index (χ0n) is 14.4. The summed E-state index contributed by atoms with van der Waals surface area (Å²) < 4.78 is 38.3. The Balaban J connectivity index is 2.10. The largest absolute Gasteiger partial charge is 0.505 e. The van der Waals surface area contributed by atoms with E-state index in [1.54, 1.807) is 31.2 Å². The van der Waals surface area contributed by atoms with Crippen LogP contribution in [0, 0.1) is 12.8 Å². The van der Waals surface area contributed by atoms with E-state index in [1.165, 1.54) is 16.4 Å². The molecule has 134 valence electrons. The lowest BCUT2D eigenvalue weighted by Gasteiger charge is -2.27. The SMILES string of the molecule is Cc1cccc(N(CC(C)C)S(=O)(=O)c2ccc3c(c2)OCO3)c1O. The highest BCUT2D eigenvalue weighted by molar-refractivity contribution is 7.92. The number of hydrogen-bond acceptors (Lipinski definition) is 5. The molecule has 0 amide bonds. The Morgan fingerprint density at radius 1 is 1.16 bits per heavy atom. The molecule has 0 aliphatic carbocycles. The van der Waals surface area contributed by atoms with Crippen LogP contribution in [0.15, 0.2) is 41.3 Å². The maximum atomic E-state index is 13.3. The Morgan fingerprint density at radius 3 is 2.60 bits per heavy atom. The van der Waals surface area contributed by atoms with Crippen molar-refractivity contribution >= 4 is 15.7 Å². The third-order valence-electron chi connectivity index (χ3n) is 3.95. The smallest absolute Gasteiger partial charge is 0.264 e. The summed E-state index contributed by atoms with van der Waals surface area (Å²) in [4.78, 5) is 0.0957. The minimum Gasteiger partial charge on any atom is -0.505 e. The van der Waals surface area contributed by atoms with Crippen molar-refractivity contribution in [2.75, 3.05) is 17.6 Å². The number of aryl methyl sites for hydroxylation is 1. The van der Waals surface area contributed by atoms with Crippen LogP contribution in [-0.4, -0.2) is 26.9 Å². The van der Waals surface area contributed by atoms with Crippen LogP contribution in [0.5, 0.6) is 17.2 Å². The highest BCUT2D eigenvalue weighted by Crippen LogP contribution is 2.38. The predicted molar refractivity (Wildman–Crippen MR) is 94.8 cm³/mol. The van der Waals surface area contributed by atoms with E-state index in [0.717, 1.165) is 0 Å². The van der Waals surface area contributed by atoms with Crippen molar-refractivity contribution in [1.29, 1.82) is 0 Å². The number of nitrogens with zero attached hydrogens (tertiary/aromatic N) is 1. The Bertz CT molecular complexity index is 892. The number of sulfonamides is 1. The van der Waals surface area contributed by atoms with Crippen molar-refractivity contribution in [3.63, 3.8) is 0 Å². The quantitative estimate of drug-likeness (QED) is 0.882. The lowest BCUT2D eigenvalue weighted by Crippen LogP contribution is -2.34. The van der Waals surface area contributed by atoms with Gasteiger partial charge in [0.05, 0.1) is 10.6 Å². The van der Waals surface area contributed by atoms with E-state index in [-0.39, 0.29) is 35.6 Å². The number of hydrogen-bond donors (Lipinski definition) is 1. The average Bonchev–Trinajstić information content (AvgIpc) is 3.03. The van der Waals surface area contributed by atoms with E-state index in [1.807, 2.05) is 13.8 Å². The van der Waals surface area contributed by atoms with Gasteiger partial charge >= 0.3 is 0 Å². The maximum absolute atomic E-state index is 13.3. The van der Waals surface area contributed by atoms with Gasteiger partial charge in [-0.15, -0.1) is 0 Å². The number of rotatable bonds is 5. The van der Waals surface area contributed by atoms with E-state index in [2.05, 4.69) is 0 Å². The number of phenols is 1. The summed E-state index contributed by atoms with van der Waals surface area (Å²) in [5.41, 5.74) is 0.888. The van der Waals surface area contributed by atoms with Crippen LogP contribution in [-0.2, 0) is 10.0 Å². The molecule has 1 aliphatic heterocycles. The molecule has 0 saturated carbocycles. The van der Waals surface area contributed by atoms with Crippen molar-refractivity contribution in [1.82, 2.24) is 0 Å². The van der Waals surface area contributed by atoms with E-state index in [0.29, 0.717) is 17.1 Å². The molecule has 0 spiro atoms. The number of anilines is 1. The number of para-hydroxylation sites is 1. The third-order valence-corrected chi connectivity index (χ3v) is 5.72. The molecule has 25 heavy (non-hydrogen) atoms. The van der Waals surface area contributed by atoms with E-state index < -0.39 is 10.0 Å². The first kappa shape index (κ1) is 17.4. The molecule has 1 aliphatic rings. The summed E-state index contributed by atoms with van der Waals surface area (Å²) in [6.45, 7) is 5.91. The Labute approximate surface area is 147 Å². The van der Waals surface area contributed by atoms with Crippen LogP contribution in [0.25, 0.3) is 0 Å². The topological polar surface area (TPSA) is 76.1 Å². The van der Waals surface area contributed by atoms with Crippen LogP contribution < -0.4 is 13.8 Å². The van der Waals surface area contributed by atoms with Crippen molar-refractivity contribution in [2.24, 2.45) is 5.92 Å². The lowest BCUT2D eigenvalue weighted by molar-refractivity contribution is 0.174. The molecule has 0 fully saturated rings. The van der Waals surface area contributed by atoms with E-state index in [9.17, 15) is 13.5 Å². The molecule has 0 radical (unpaired) electrons. The molecule has 2 aromatic rings. The van der Waals surface area contributed by atoms with Crippen LogP contribution in [0.3, 0.4) is 0 Å². The molecular formula is C18H21NO5S. The highest BCUT2D eigenvalue weighted by atomic mass is 32.2. The van der Waals surface area contributed by atoms with Gasteiger partial charge in [-0.3, -0.25) is 4.31 Å². The molecule has 6 nitrogen and oxygen atoms in total. The average molecular weight is 363 g/mol. The fraction of sp³-hybridized carbons (Fsp3) is 0.333. The van der Waals surface area contributed by atoms with Crippen LogP contribution >= 0.6 is 0 Å². The van der Waals surface area contributed by atoms with E-state index in [4.69, 9.17) is 9.47 Å². The fourth-order valence-electron chi connectivity index (χ4n) is 2.67. The van der Waals surface area contributed by atoms with Crippen LogP contribution in [0.1, 0.15) is 19.4 Å². The maximum Gasteiger partial charge on any atom is 0.264 e. The zero-order valence-corrected chi connectivity index (χ0v) is 15.2. The van der Waals surface area contributed by atoms with Gasteiger partial charge in [0.1, 0.15) is 5.75 Å². The molecule has 7 heteroatoms. The highest BCUT2D eigenvalue weighted by Gasteiger charge is 2.29. The summed E-state index contributed by atoms with van der Waals surface area (Å²) in [6, 6.07) is 9.60. The van der Waals surface area contributed by atoms with Gasteiger partial charge < -0.3 is 14.6 Å². The Morgan fingerprint density at radius 2 is 1.88 bits per heavy atom. The van der Waals surface area contributed by atoms with E-state index >= 15 is 0 Å².